The fraction of sp³-hybridized carbons (Fsp3) is 0.316. The lowest BCUT2D eigenvalue weighted by molar-refractivity contribution is 0.172. The van der Waals surface area contributed by atoms with Gasteiger partial charge in [-0.1, -0.05) is 12.1 Å². The molecule has 5 nitrogen and oxygen atoms in total. The zero-order valence-electron chi connectivity index (χ0n) is 14.0. The molecule has 2 aromatic carbocycles. The highest BCUT2D eigenvalue weighted by Gasteiger charge is 2.18. The van der Waals surface area contributed by atoms with Crippen LogP contribution in [0.3, 0.4) is 0 Å². The van der Waals surface area contributed by atoms with Gasteiger partial charge in [-0.25, -0.2) is 4.98 Å². The van der Waals surface area contributed by atoms with E-state index in [1.54, 1.807) is 0 Å². The Hall–Kier alpha value is -2.53. The summed E-state index contributed by atoms with van der Waals surface area (Å²) < 4.78 is 13.6. The Morgan fingerprint density at radius 3 is 2.50 bits per heavy atom. The molecule has 0 spiro atoms. The van der Waals surface area contributed by atoms with Crippen LogP contribution >= 0.6 is 0 Å². The predicted molar refractivity (Wildman–Crippen MR) is 94.7 cm³/mol. The summed E-state index contributed by atoms with van der Waals surface area (Å²) >= 11 is 0. The topological polar surface area (TPSA) is 62.3 Å². The Morgan fingerprint density at radius 1 is 1.04 bits per heavy atom. The lowest BCUT2D eigenvalue weighted by Gasteiger charge is -2.18. The van der Waals surface area contributed by atoms with Crippen LogP contribution in [-0.2, 0) is 6.54 Å². The maximum absolute atomic E-state index is 5.84. The highest BCUT2D eigenvalue weighted by Crippen LogP contribution is 2.36. The van der Waals surface area contributed by atoms with Crippen LogP contribution in [0.4, 0.5) is 0 Å². The van der Waals surface area contributed by atoms with E-state index in [1.807, 2.05) is 12.1 Å². The molecular weight excluding hydrogens is 302 g/mol. The number of hydrogen-bond donors (Lipinski definition) is 1. The van der Waals surface area contributed by atoms with Crippen molar-refractivity contribution >= 4 is 11.0 Å². The zero-order chi connectivity index (χ0) is 16.7. The molecule has 4 rings (SSSR count). The fourth-order valence-electron chi connectivity index (χ4n) is 3.12. The van der Waals surface area contributed by atoms with Crippen molar-refractivity contribution in [2.45, 2.75) is 20.4 Å². The number of hydrogen-bond acceptors (Lipinski definition) is 4. The molecule has 3 aromatic rings. The summed E-state index contributed by atoms with van der Waals surface area (Å²) in [4.78, 5) is 4.85. The summed E-state index contributed by atoms with van der Waals surface area (Å²) in [5, 5.41) is 0. The molecule has 0 atom stereocenters. The van der Waals surface area contributed by atoms with E-state index < -0.39 is 0 Å². The van der Waals surface area contributed by atoms with Gasteiger partial charge in [-0.15, -0.1) is 0 Å². The molecule has 5 heteroatoms. The van der Waals surface area contributed by atoms with Gasteiger partial charge in [-0.05, 0) is 31.0 Å². The number of nitrogens with two attached hydrogens (primary N) is 1. The average Bonchev–Trinajstić information content (AvgIpc) is 2.93. The van der Waals surface area contributed by atoms with Crippen LogP contribution in [0.1, 0.15) is 11.1 Å². The van der Waals surface area contributed by atoms with Crippen molar-refractivity contribution in [1.82, 2.24) is 9.55 Å². The Morgan fingerprint density at radius 2 is 1.79 bits per heavy atom. The first-order valence-corrected chi connectivity index (χ1v) is 8.25. The SMILES string of the molecule is Cc1ccc(-c2nc3cc4c(cc3n2CCN)OCCO4)cc1C. The van der Waals surface area contributed by atoms with Crippen LogP contribution < -0.4 is 15.2 Å². The van der Waals surface area contributed by atoms with Crippen molar-refractivity contribution in [3.05, 3.63) is 41.5 Å². The number of aryl methyl sites for hydroxylation is 2. The van der Waals surface area contributed by atoms with Gasteiger partial charge in [0.15, 0.2) is 11.5 Å². The van der Waals surface area contributed by atoms with Gasteiger partial charge in [0.25, 0.3) is 0 Å². The lowest BCUT2D eigenvalue weighted by Crippen LogP contribution is -2.15. The van der Waals surface area contributed by atoms with Crippen molar-refractivity contribution < 1.29 is 9.47 Å². The van der Waals surface area contributed by atoms with E-state index in [1.165, 1.54) is 11.1 Å². The van der Waals surface area contributed by atoms with Crippen LogP contribution in [0.25, 0.3) is 22.4 Å². The van der Waals surface area contributed by atoms with Gasteiger partial charge in [0.2, 0.25) is 0 Å². The second kappa shape index (κ2) is 5.83. The molecule has 124 valence electrons. The normalized spacial score (nSPS) is 13.5. The molecule has 24 heavy (non-hydrogen) atoms. The van der Waals surface area contributed by atoms with E-state index in [4.69, 9.17) is 20.2 Å². The van der Waals surface area contributed by atoms with Crippen molar-refractivity contribution in [3.63, 3.8) is 0 Å². The van der Waals surface area contributed by atoms with Crippen LogP contribution in [0.2, 0.25) is 0 Å². The van der Waals surface area contributed by atoms with Crippen LogP contribution in [0.5, 0.6) is 11.5 Å². The Bertz CT molecular complexity index is 915. The molecule has 1 aliphatic rings. The summed E-state index contributed by atoms with van der Waals surface area (Å²) in [5.41, 5.74) is 11.4. The fourth-order valence-corrected chi connectivity index (χ4v) is 3.12. The minimum absolute atomic E-state index is 0.553. The smallest absolute Gasteiger partial charge is 0.163 e. The molecule has 1 aliphatic heterocycles. The highest BCUT2D eigenvalue weighted by atomic mass is 16.6. The summed E-state index contributed by atoms with van der Waals surface area (Å²) in [6, 6.07) is 10.4. The Balaban J connectivity index is 1.93. The van der Waals surface area contributed by atoms with Gasteiger partial charge in [-0.3, -0.25) is 0 Å². The van der Waals surface area contributed by atoms with E-state index in [0.717, 1.165) is 33.9 Å². The first kappa shape index (κ1) is 15.0. The molecule has 0 saturated heterocycles. The minimum atomic E-state index is 0.553. The summed E-state index contributed by atoms with van der Waals surface area (Å²) in [7, 11) is 0. The van der Waals surface area contributed by atoms with Crippen molar-refractivity contribution in [3.8, 4) is 22.9 Å². The largest absolute Gasteiger partial charge is 0.486 e. The van der Waals surface area contributed by atoms with Gasteiger partial charge in [-0.2, -0.15) is 0 Å². The molecule has 0 saturated carbocycles. The van der Waals surface area contributed by atoms with Crippen LogP contribution in [-0.4, -0.2) is 29.3 Å². The van der Waals surface area contributed by atoms with E-state index in [9.17, 15) is 0 Å². The molecule has 2 N–H and O–H groups in total. The van der Waals surface area contributed by atoms with E-state index in [-0.39, 0.29) is 0 Å². The molecule has 0 amide bonds. The molecule has 0 aliphatic carbocycles. The quantitative estimate of drug-likeness (QED) is 0.805. The predicted octanol–water partition coefficient (Wildman–Crippen LogP) is 3.05. The van der Waals surface area contributed by atoms with E-state index in [2.05, 4.69) is 36.6 Å². The van der Waals surface area contributed by atoms with E-state index in [0.29, 0.717) is 26.3 Å². The average molecular weight is 323 g/mol. The first-order chi connectivity index (χ1) is 11.7. The summed E-state index contributed by atoms with van der Waals surface area (Å²) in [6.45, 7) is 6.65. The lowest BCUT2D eigenvalue weighted by atomic mass is 10.1. The minimum Gasteiger partial charge on any atom is -0.486 e. The molecule has 1 aromatic heterocycles. The van der Waals surface area contributed by atoms with Gasteiger partial charge < -0.3 is 19.8 Å². The van der Waals surface area contributed by atoms with Crippen molar-refractivity contribution in [2.75, 3.05) is 19.8 Å². The maximum Gasteiger partial charge on any atom is 0.163 e. The Labute approximate surface area is 141 Å². The molecule has 0 radical (unpaired) electrons. The van der Waals surface area contributed by atoms with Crippen molar-refractivity contribution in [2.24, 2.45) is 5.73 Å². The second-order valence-electron chi connectivity index (χ2n) is 6.16. The van der Waals surface area contributed by atoms with Gasteiger partial charge in [0, 0.05) is 30.8 Å². The number of aromatic nitrogens is 2. The zero-order valence-corrected chi connectivity index (χ0v) is 14.0. The van der Waals surface area contributed by atoms with Gasteiger partial charge in [0.1, 0.15) is 19.0 Å². The number of nitrogens with zero attached hydrogens (tertiary/aromatic N) is 2. The number of imidazole rings is 1. The van der Waals surface area contributed by atoms with Gasteiger partial charge >= 0.3 is 0 Å². The third kappa shape index (κ3) is 2.41. The molecule has 0 bridgehead atoms. The highest BCUT2D eigenvalue weighted by molar-refractivity contribution is 5.84. The molecular formula is C19H21N3O2. The maximum atomic E-state index is 5.84. The molecule has 0 fully saturated rings. The second-order valence-corrected chi connectivity index (χ2v) is 6.16. The standard InChI is InChI=1S/C19H21N3O2/c1-12-3-4-14(9-13(12)2)19-21-15-10-17-18(24-8-7-23-17)11-16(15)22(19)6-5-20/h3-4,9-11H,5-8,20H2,1-2H3. The number of fused-ring (bicyclic) bond motifs is 2. The number of benzene rings is 2. The third-order valence-electron chi connectivity index (χ3n) is 4.53. The molecule has 2 heterocycles. The number of ether oxygens (including phenoxy) is 2. The molecule has 0 unspecified atom stereocenters. The first-order valence-electron chi connectivity index (χ1n) is 8.25. The van der Waals surface area contributed by atoms with Crippen molar-refractivity contribution in [1.29, 1.82) is 0 Å². The van der Waals surface area contributed by atoms with Crippen LogP contribution in [0, 0.1) is 13.8 Å². The van der Waals surface area contributed by atoms with Gasteiger partial charge in [0.05, 0.1) is 11.0 Å². The summed E-state index contributed by atoms with van der Waals surface area (Å²) in [6.07, 6.45) is 0. The van der Waals surface area contributed by atoms with E-state index >= 15 is 0 Å². The van der Waals surface area contributed by atoms with Crippen LogP contribution in [0.15, 0.2) is 30.3 Å². The Kier molecular flexibility index (Phi) is 3.65. The summed E-state index contributed by atoms with van der Waals surface area (Å²) in [5.74, 6) is 2.47. The third-order valence-corrected chi connectivity index (χ3v) is 4.53. The number of rotatable bonds is 3. The monoisotopic (exact) mass is 323 g/mol.